The van der Waals surface area contributed by atoms with Crippen molar-refractivity contribution in [1.82, 2.24) is 0 Å². The van der Waals surface area contributed by atoms with E-state index < -0.39 is 0 Å². The number of hydrogen-bond donors (Lipinski definition) is 2. The van der Waals surface area contributed by atoms with Gasteiger partial charge in [-0.15, -0.1) is 0 Å². The van der Waals surface area contributed by atoms with Crippen molar-refractivity contribution in [2.24, 2.45) is 0 Å². The van der Waals surface area contributed by atoms with Crippen LogP contribution in [0.2, 0.25) is 0 Å². The van der Waals surface area contributed by atoms with E-state index in [1.807, 2.05) is 12.1 Å². The van der Waals surface area contributed by atoms with E-state index in [1.165, 1.54) is 19.9 Å². The second kappa shape index (κ2) is 7.87. The Kier molecular flexibility index (Phi) is 5.63. The molecule has 2 N–H and O–H groups in total. The Labute approximate surface area is 140 Å². The summed E-state index contributed by atoms with van der Waals surface area (Å²) in [5.74, 6) is -0.414. The minimum atomic E-state index is -0.156. The van der Waals surface area contributed by atoms with Crippen molar-refractivity contribution in [3.05, 3.63) is 65.7 Å². The summed E-state index contributed by atoms with van der Waals surface area (Å²) in [5.41, 5.74) is 2.75. The fraction of sp³-hybridized carbons (Fsp3) is 0.105. The van der Waals surface area contributed by atoms with Gasteiger partial charge in [0.1, 0.15) is 0 Å². The van der Waals surface area contributed by atoms with E-state index in [4.69, 9.17) is 0 Å². The Balaban J connectivity index is 2.01. The Bertz CT molecular complexity index is 775. The molecule has 0 saturated carbocycles. The largest absolute Gasteiger partial charge is 0.326 e. The number of carbonyl (C=O) groups excluding carboxylic acids is 3. The van der Waals surface area contributed by atoms with Crippen LogP contribution in [0.15, 0.2) is 54.6 Å². The molecule has 2 aromatic rings. The van der Waals surface area contributed by atoms with Gasteiger partial charge in [-0.2, -0.15) is 0 Å². The molecule has 0 fully saturated rings. The minimum absolute atomic E-state index is 0.129. The van der Waals surface area contributed by atoms with Crippen molar-refractivity contribution in [2.45, 2.75) is 13.8 Å². The molecule has 2 aromatic carbocycles. The van der Waals surface area contributed by atoms with Crippen LogP contribution >= 0.6 is 0 Å². The summed E-state index contributed by atoms with van der Waals surface area (Å²) in [7, 11) is 0. The third-order valence-electron chi connectivity index (χ3n) is 3.15. The number of hydrogen-bond acceptors (Lipinski definition) is 3. The van der Waals surface area contributed by atoms with E-state index >= 15 is 0 Å². The molecule has 0 unspecified atom stereocenters. The van der Waals surface area contributed by atoms with Gasteiger partial charge in [0.25, 0.3) is 0 Å². The van der Waals surface area contributed by atoms with Gasteiger partial charge in [0, 0.05) is 30.8 Å². The van der Waals surface area contributed by atoms with Crippen molar-refractivity contribution in [3.63, 3.8) is 0 Å². The molecule has 0 aliphatic heterocycles. The standard InChI is InChI=1S/C19H18N2O3/c1-13(22)20-17-8-3-15(4-9-17)5-12-19(24)16-6-10-18(11-7-16)21-14(2)23/h3-12H,1-2H3,(H,20,22)(H,21,23). The molecule has 0 heterocycles. The minimum Gasteiger partial charge on any atom is -0.326 e. The van der Waals surface area contributed by atoms with Gasteiger partial charge in [-0.25, -0.2) is 0 Å². The van der Waals surface area contributed by atoms with E-state index in [2.05, 4.69) is 10.6 Å². The van der Waals surface area contributed by atoms with Crippen molar-refractivity contribution in [1.29, 1.82) is 0 Å². The van der Waals surface area contributed by atoms with Gasteiger partial charge < -0.3 is 10.6 Å². The maximum absolute atomic E-state index is 12.1. The van der Waals surface area contributed by atoms with E-state index in [0.29, 0.717) is 16.9 Å². The molecular weight excluding hydrogens is 304 g/mol. The summed E-state index contributed by atoms with van der Waals surface area (Å²) < 4.78 is 0. The molecule has 5 nitrogen and oxygen atoms in total. The third-order valence-corrected chi connectivity index (χ3v) is 3.15. The van der Waals surface area contributed by atoms with Crippen LogP contribution in [0.3, 0.4) is 0 Å². The molecule has 5 heteroatoms. The number of nitrogens with one attached hydrogen (secondary N) is 2. The van der Waals surface area contributed by atoms with Gasteiger partial charge in [0.05, 0.1) is 0 Å². The van der Waals surface area contributed by atoms with Gasteiger partial charge in [0.2, 0.25) is 11.8 Å². The number of ketones is 1. The maximum Gasteiger partial charge on any atom is 0.221 e. The molecular formula is C19H18N2O3. The second-order valence-corrected chi connectivity index (χ2v) is 5.26. The average molecular weight is 322 g/mol. The van der Waals surface area contributed by atoms with Crippen molar-refractivity contribution < 1.29 is 14.4 Å². The molecule has 2 amide bonds. The molecule has 122 valence electrons. The van der Waals surface area contributed by atoms with Crippen LogP contribution in [0.1, 0.15) is 29.8 Å². The van der Waals surface area contributed by atoms with Gasteiger partial charge >= 0.3 is 0 Å². The van der Waals surface area contributed by atoms with Crippen molar-refractivity contribution >= 4 is 35.0 Å². The molecule has 0 radical (unpaired) electrons. The first-order valence-electron chi connectivity index (χ1n) is 7.42. The highest BCUT2D eigenvalue weighted by atomic mass is 16.2. The molecule has 0 aromatic heterocycles. The van der Waals surface area contributed by atoms with E-state index in [-0.39, 0.29) is 17.6 Å². The molecule has 0 aliphatic rings. The molecule has 2 rings (SSSR count). The lowest BCUT2D eigenvalue weighted by molar-refractivity contribution is -0.115. The quantitative estimate of drug-likeness (QED) is 0.653. The number of amides is 2. The summed E-state index contributed by atoms with van der Waals surface area (Å²) in [5, 5.41) is 5.33. The SMILES string of the molecule is CC(=O)Nc1ccc(C=CC(=O)c2ccc(NC(C)=O)cc2)cc1. The van der Waals surface area contributed by atoms with Crippen LogP contribution in [0.4, 0.5) is 11.4 Å². The number of anilines is 2. The monoisotopic (exact) mass is 322 g/mol. The lowest BCUT2D eigenvalue weighted by Gasteiger charge is -2.03. The molecule has 24 heavy (non-hydrogen) atoms. The van der Waals surface area contributed by atoms with E-state index in [9.17, 15) is 14.4 Å². The Hall–Kier alpha value is -3.21. The zero-order valence-electron chi connectivity index (χ0n) is 13.5. The number of allylic oxidation sites excluding steroid dienone is 1. The van der Waals surface area contributed by atoms with Crippen molar-refractivity contribution in [3.8, 4) is 0 Å². The van der Waals surface area contributed by atoms with Gasteiger partial charge in [-0.1, -0.05) is 18.2 Å². The summed E-state index contributed by atoms with van der Waals surface area (Å²) in [4.78, 5) is 34.1. The second-order valence-electron chi connectivity index (χ2n) is 5.26. The Morgan fingerprint density at radius 3 is 1.67 bits per heavy atom. The fourth-order valence-corrected chi connectivity index (χ4v) is 2.07. The van der Waals surface area contributed by atoms with E-state index in [0.717, 1.165) is 5.56 Å². The highest BCUT2D eigenvalue weighted by Gasteiger charge is 2.02. The number of rotatable bonds is 5. The topological polar surface area (TPSA) is 75.3 Å². The van der Waals surface area contributed by atoms with Crippen LogP contribution in [0.5, 0.6) is 0 Å². The highest BCUT2D eigenvalue weighted by Crippen LogP contribution is 2.13. The zero-order valence-corrected chi connectivity index (χ0v) is 13.5. The lowest BCUT2D eigenvalue weighted by atomic mass is 10.1. The predicted molar refractivity (Wildman–Crippen MR) is 94.9 cm³/mol. The predicted octanol–water partition coefficient (Wildman–Crippen LogP) is 3.50. The number of carbonyl (C=O) groups is 3. The van der Waals surface area contributed by atoms with Gasteiger partial charge in [-0.05, 0) is 48.0 Å². The molecule has 0 aliphatic carbocycles. The Morgan fingerprint density at radius 2 is 1.21 bits per heavy atom. The highest BCUT2D eigenvalue weighted by molar-refractivity contribution is 6.07. The summed E-state index contributed by atoms with van der Waals surface area (Å²) in [6.45, 7) is 2.88. The average Bonchev–Trinajstić information content (AvgIpc) is 2.53. The first kappa shape index (κ1) is 17.1. The van der Waals surface area contributed by atoms with Crippen LogP contribution < -0.4 is 10.6 Å². The van der Waals surface area contributed by atoms with Crippen LogP contribution in [0, 0.1) is 0 Å². The van der Waals surface area contributed by atoms with Crippen LogP contribution in [0.25, 0.3) is 6.08 Å². The van der Waals surface area contributed by atoms with E-state index in [1.54, 1.807) is 42.5 Å². The zero-order chi connectivity index (χ0) is 17.5. The summed E-state index contributed by atoms with van der Waals surface area (Å²) >= 11 is 0. The van der Waals surface area contributed by atoms with Crippen molar-refractivity contribution in [2.75, 3.05) is 10.6 Å². The smallest absolute Gasteiger partial charge is 0.221 e. The first-order chi connectivity index (χ1) is 11.4. The lowest BCUT2D eigenvalue weighted by Crippen LogP contribution is -2.05. The van der Waals surface area contributed by atoms with Crippen LogP contribution in [-0.2, 0) is 9.59 Å². The molecule has 0 atom stereocenters. The summed E-state index contributed by atoms with van der Waals surface area (Å²) in [6, 6.07) is 13.9. The fourth-order valence-electron chi connectivity index (χ4n) is 2.07. The molecule has 0 bridgehead atoms. The molecule has 0 saturated heterocycles. The van der Waals surface area contributed by atoms with Gasteiger partial charge in [-0.3, -0.25) is 14.4 Å². The molecule has 0 spiro atoms. The number of benzene rings is 2. The first-order valence-corrected chi connectivity index (χ1v) is 7.42. The Morgan fingerprint density at radius 1 is 0.750 bits per heavy atom. The van der Waals surface area contributed by atoms with Crippen LogP contribution in [-0.4, -0.2) is 17.6 Å². The normalized spacial score (nSPS) is 10.4. The van der Waals surface area contributed by atoms with Gasteiger partial charge in [0.15, 0.2) is 5.78 Å². The maximum atomic E-state index is 12.1. The summed E-state index contributed by atoms with van der Waals surface area (Å²) in [6.07, 6.45) is 3.20. The third kappa shape index (κ3) is 5.21.